The highest BCUT2D eigenvalue weighted by Gasteiger charge is 2.45. The Balaban J connectivity index is 0.000000261. The van der Waals surface area contributed by atoms with E-state index in [2.05, 4.69) is 9.47 Å². The van der Waals surface area contributed by atoms with Gasteiger partial charge in [0.2, 0.25) is 0 Å². The van der Waals surface area contributed by atoms with Crippen LogP contribution in [-0.2, 0) is 9.59 Å². The van der Waals surface area contributed by atoms with Gasteiger partial charge in [0, 0.05) is 34.8 Å². The predicted molar refractivity (Wildman–Crippen MR) is 233 cm³/mol. The van der Waals surface area contributed by atoms with Crippen molar-refractivity contribution in [2.75, 3.05) is 36.1 Å². The van der Waals surface area contributed by atoms with E-state index < -0.39 is 84.8 Å². The van der Waals surface area contributed by atoms with Crippen LogP contribution >= 0.6 is 0 Å². The smallest absolute Gasteiger partial charge is 0.489 e. The third-order valence-electron chi connectivity index (χ3n) is 11.1. The predicted octanol–water partition coefficient (Wildman–Crippen LogP) is 11.5. The minimum atomic E-state index is -4.90. The summed E-state index contributed by atoms with van der Waals surface area (Å²) >= 11 is 0. The number of nitrogens with zero attached hydrogens (tertiary/aromatic N) is 2. The fraction of sp³-hybridized carbons (Fsp3) is 0.458. The Bertz CT molecular complexity index is 2290. The third-order valence-corrected chi connectivity index (χ3v) is 11.1. The Kier molecular flexibility index (Phi) is 16.4. The number of Topliss-reactive ketones (excluding diaryl/α,β-unsaturated/α-hetero) is 2. The van der Waals surface area contributed by atoms with Crippen LogP contribution in [0.2, 0.25) is 0 Å². The number of β-amino-alcohol motifs (C(OH)–C–C–N with tert-alkyl or cyclic N) is 2. The van der Waals surface area contributed by atoms with Gasteiger partial charge in [-0.1, -0.05) is 90.1 Å². The molecule has 2 aliphatic rings. The highest BCUT2D eigenvalue weighted by Crippen LogP contribution is 2.46. The van der Waals surface area contributed by atoms with Gasteiger partial charge in [-0.15, -0.1) is 26.3 Å². The zero-order valence-electron chi connectivity index (χ0n) is 38.4. The van der Waals surface area contributed by atoms with Crippen LogP contribution in [0.25, 0.3) is 22.3 Å². The van der Waals surface area contributed by atoms with Crippen LogP contribution in [0.15, 0.2) is 84.9 Å². The van der Waals surface area contributed by atoms with Crippen LogP contribution < -0.4 is 28.7 Å². The number of hydrogen-bond donors (Lipinski definition) is 2. The van der Waals surface area contributed by atoms with Crippen molar-refractivity contribution in [3.05, 3.63) is 84.9 Å². The van der Waals surface area contributed by atoms with E-state index in [4.69, 9.17) is 9.47 Å². The number of rotatable bonds is 12. The van der Waals surface area contributed by atoms with Gasteiger partial charge in [-0.2, -0.15) is 26.3 Å². The number of ketones is 2. The highest BCUT2D eigenvalue weighted by atomic mass is 19.4. The molecule has 0 fully saturated rings. The molecule has 0 bridgehead atoms. The Morgan fingerprint density at radius 3 is 1.19 bits per heavy atom. The summed E-state index contributed by atoms with van der Waals surface area (Å²) in [6.07, 6.45) is -25.2. The van der Waals surface area contributed by atoms with E-state index in [0.717, 1.165) is 24.3 Å². The van der Waals surface area contributed by atoms with Crippen molar-refractivity contribution in [3.63, 3.8) is 0 Å². The summed E-state index contributed by atoms with van der Waals surface area (Å²) in [6, 6.07) is 17.7. The largest absolute Gasteiger partial charge is 0.573 e. The number of carbonyl (C=O) groups is 2. The van der Waals surface area contributed by atoms with E-state index in [0.29, 0.717) is 11.1 Å². The summed E-state index contributed by atoms with van der Waals surface area (Å²) in [5.74, 6) is -1.08. The Labute approximate surface area is 394 Å². The molecule has 384 valence electrons. The standard InChI is InChI=1S/2C24H25F6NO4/c2*1-22(2,3)19(32)11-15-13-34-21-17(14-6-4-7-16(10-14)35-24(28,29)30)8-5-9-18(21)31(15)12-20(33)23(25,26)27/h2*4-10,15,20,33H,11-13H2,1-3H3. The first-order valence-corrected chi connectivity index (χ1v) is 21.5. The molecular formula is C48H50F12N2O8. The normalized spacial score (nSPS) is 17.4. The molecule has 0 amide bonds. The zero-order valence-corrected chi connectivity index (χ0v) is 38.4. The second-order valence-corrected chi connectivity index (χ2v) is 18.6. The molecule has 2 aliphatic heterocycles. The lowest BCUT2D eigenvalue weighted by Gasteiger charge is -2.41. The monoisotopic (exact) mass is 1010 g/mol. The number of aliphatic hydroxyl groups is 2. The Morgan fingerprint density at radius 2 is 0.886 bits per heavy atom. The number of aliphatic hydroxyl groups excluding tert-OH is 2. The number of halogens is 12. The second kappa shape index (κ2) is 20.8. The Morgan fingerprint density at radius 1 is 0.557 bits per heavy atom. The molecule has 0 saturated carbocycles. The molecular weight excluding hydrogens is 961 g/mol. The minimum Gasteiger partial charge on any atom is -0.489 e. The maximum absolute atomic E-state index is 13.2. The molecule has 2 N–H and O–H groups in total. The number of alkyl halides is 12. The van der Waals surface area contributed by atoms with E-state index in [9.17, 15) is 72.5 Å². The van der Waals surface area contributed by atoms with E-state index in [1.165, 1.54) is 58.3 Å². The maximum atomic E-state index is 13.2. The van der Waals surface area contributed by atoms with Crippen LogP contribution in [0.5, 0.6) is 23.0 Å². The van der Waals surface area contributed by atoms with E-state index in [-0.39, 0.29) is 71.6 Å². The van der Waals surface area contributed by atoms with Gasteiger partial charge in [0.25, 0.3) is 0 Å². The summed E-state index contributed by atoms with van der Waals surface area (Å²) in [5, 5.41) is 19.6. The fourth-order valence-electron chi connectivity index (χ4n) is 7.37. The number of ether oxygens (including phenoxy) is 4. The van der Waals surface area contributed by atoms with Gasteiger partial charge in [0.1, 0.15) is 36.3 Å². The SMILES string of the molecule is CC(C)(C)C(=O)CC1COc2c(-c3cccc(OC(F)(F)F)c3)cccc2N1CC(O)C(F)(F)F.CC(C)(C)C(=O)CC1COc2c(-c3cccc(OC(F)(F)F)c3)cccc2N1CC(O)C(F)(F)F. The minimum absolute atomic E-state index is 0.118. The van der Waals surface area contributed by atoms with Crippen molar-refractivity contribution >= 4 is 22.9 Å². The van der Waals surface area contributed by atoms with Crippen LogP contribution in [-0.4, -0.2) is 97.5 Å². The maximum Gasteiger partial charge on any atom is 0.573 e. The number of anilines is 2. The number of carbonyl (C=O) groups excluding carboxylic acids is 2. The number of para-hydroxylation sites is 2. The molecule has 4 aromatic rings. The molecule has 0 spiro atoms. The summed E-state index contributed by atoms with van der Waals surface area (Å²) in [7, 11) is 0. The molecule has 10 nitrogen and oxygen atoms in total. The third kappa shape index (κ3) is 14.6. The number of fused-ring (bicyclic) bond motifs is 2. The molecule has 70 heavy (non-hydrogen) atoms. The molecule has 0 aromatic heterocycles. The molecule has 22 heteroatoms. The molecule has 0 aliphatic carbocycles. The van der Waals surface area contributed by atoms with Crippen molar-refractivity contribution in [1.29, 1.82) is 0 Å². The van der Waals surface area contributed by atoms with Gasteiger partial charge >= 0.3 is 25.1 Å². The van der Waals surface area contributed by atoms with Crippen molar-refractivity contribution in [2.24, 2.45) is 10.8 Å². The van der Waals surface area contributed by atoms with Gasteiger partial charge in [-0.3, -0.25) is 9.59 Å². The second-order valence-electron chi connectivity index (χ2n) is 18.6. The quantitative estimate of drug-likeness (QED) is 0.133. The lowest BCUT2D eigenvalue weighted by atomic mass is 9.86. The molecule has 4 unspecified atom stereocenters. The van der Waals surface area contributed by atoms with Crippen LogP contribution in [0.1, 0.15) is 54.4 Å². The molecule has 2 heterocycles. The van der Waals surface area contributed by atoms with E-state index >= 15 is 0 Å². The van der Waals surface area contributed by atoms with Crippen molar-refractivity contribution in [1.82, 2.24) is 0 Å². The molecule has 0 radical (unpaired) electrons. The lowest BCUT2D eigenvalue weighted by molar-refractivity contribution is -0.275. The van der Waals surface area contributed by atoms with E-state index in [1.807, 2.05) is 0 Å². The number of benzene rings is 4. The van der Waals surface area contributed by atoms with Crippen LogP contribution in [0.3, 0.4) is 0 Å². The van der Waals surface area contributed by atoms with Crippen LogP contribution in [0, 0.1) is 10.8 Å². The molecule has 4 atom stereocenters. The average molecular weight is 1010 g/mol. The first kappa shape index (κ1) is 55.0. The molecule has 0 saturated heterocycles. The van der Waals surface area contributed by atoms with Gasteiger partial charge in [-0.05, 0) is 47.5 Å². The number of hydrogen-bond acceptors (Lipinski definition) is 10. The van der Waals surface area contributed by atoms with Gasteiger partial charge in [0.05, 0.1) is 36.5 Å². The first-order chi connectivity index (χ1) is 32.1. The summed E-state index contributed by atoms with van der Waals surface area (Å²) < 4.78 is 175. The first-order valence-electron chi connectivity index (χ1n) is 21.5. The Hall–Kier alpha value is -5.90. The molecule has 6 rings (SSSR count). The highest BCUT2D eigenvalue weighted by molar-refractivity contribution is 5.87. The van der Waals surface area contributed by atoms with Gasteiger partial charge in [-0.25, -0.2) is 0 Å². The average Bonchev–Trinajstić information content (AvgIpc) is 3.22. The summed E-state index contributed by atoms with van der Waals surface area (Å²) in [6.45, 7) is 8.14. The van der Waals surface area contributed by atoms with Gasteiger partial charge in [0.15, 0.2) is 23.7 Å². The fourth-order valence-corrected chi connectivity index (χ4v) is 7.37. The topological polar surface area (TPSA) is 118 Å². The lowest BCUT2D eigenvalue weighted by Crippen LogP contribution is -2.51. The van der Waals surface area contributed by atoms with Crippen molar-refractivity contribution < 1.29 is 91.4 Å². The molecule has 4 aromatic carbocycles. The van der Waals surface area contributed by atoms with Gasteiger partial charge < -0.3 is 39.0 Å². The van der Waals surface area contributed by atoms with E-state index in [1.54, 1.807) is 53.7 Å². The zero-order chi connectivity index (χ0) is 52.4. The summed E-state index contributed by atoms with van der Waals surface area (Å²) in [5.41, 5.74) is 0.0968. The van der Waals surface area contributed by atoms with Crippen molar-refractivity contribution in [3.8, 4) is 45.3 Å². The van der Waals surface area contributed by atoms with Crippen LogP contribution in [0.4, 0.5) is 64.1 Å². The summed E-state index contributed by atoms with van der Waals surface area (Å²) in [4.78, 5) is 27.8. The van der Waals surface area contributed by atoms with Crippen molar-refractivity contribution in [2.45, 2.75) is 104 Å².